The van der Waals surface area contributed by atoms with Crippen molar-refractivity contribution in [3.8, 4) is 0 Å². The van der Waals surface area contributed by atoms with Gasteiger partial charge in [-0.25, -0.2) is 15.0 Å². The van der Waals surface area contributed by atoms with E-state index in [9.17, 15) is 10.1 Å². The number of hydrogen-bond donors (Lipinski definition) is 0. The highest BCUT2D eigenvalue weighted by Gasteiger charge is 2.29. The largest absolute Gasteiger partial charge is 0.344 e. The molecule has 34 heavy (non-hydrogen) atoms. The number of rotatable bonds is 7. The second-order valence-corrected chi connectivity index (χ2v) is 8.33. The summed E-state index contributed by atoms with van der Waals surface area (Å²) in [5.74, 6) is 0.731. The van der Waals surface area contributed by atoms with Crippen molar-refractivity contribution in [2.24, 2.45) is 0 Å². The van der Waals surface area contributed by atoms with E-state index in [1.807, 2.05) is 66.7 Å². The number of nitrogens with zero attached hydrogens (tertiary/aromatic N) is 6. The van der Waals surface area contributed by atoms with E-state index in [4.69, 9.17) is 0 Å². The van der Waals surface area contributed by atoms with Crippen LogP contribution in [0.25, 0.3) is 10.9 Å². The molecular weight excluding hydrogens is 448 g/mol. The zero-order valence-corrected chi connectivity index (χ0v) is 18.7. The van der Waals surface area contributed by atoms with Crippen LogP contribution in [0, 0.1) is 10.1 Å². The molecule has 0 spiro atoms. The molecule has 0 unspecified atom stereocenters. The lowest BCUT2D eigenvalue weighted by Gasteiger charge is -2.23. The van der Waals surface area contributed by atoms with Crippen LogP contribution in [-0.2, 0) is 6.54 Å². The fourth-order valence-corrected chi connectivity index (χ4v) is 4.58. The predicted molar refractivity (Wildman–Crippen MR) is 131 cm³/mol. The van der Waals surface area contributed by atoms with E-state index in [2.05, 4.69) is 19.9 Å². The van der Waals surface area contributed by atoms with Gasteiger partial charge in [0.25, 0.3) is 0 Å². The Morgan fingerprint density at radius 1 is 0.824 bits per heavy atom. The molecular formula is C25H18N6O2S. The third kappa shape index (κ3) is 4.41. The number of fused-ring (bicyclic) bond motifs is 1. The zero-order valence-electron chi connectivity index (χ0n) is 17.9. The molecule has 166 valence electrons. The van der Waals surface area contributed by atoms with E-state index in [0.29, 0.717) is 12.4 Å². The summed E-state index contributed by atoms with van der Waals surface area (Å²) in [6.45, 7) is 0.357. The number of nitro groups is 1. The summed E-state index contributed by atoms with van der Waals surface area (Å²) in [4.78, 5) is 31.9. The average molecular weight is 467 g/mol. The smallest absolute Gasteiger partial charge is 0.301 e. The molecule has 0 aliphatic heterocycles. The van der Waals surface area contributed by atoms with Gasteiger partial charge < -0.3 is 4.90 Å². The maximum atomic E-state index is 12.3. The second kappa shape index (κ2) is 9.63. The number of aromatic nitrogens is 4. The van der Waals surface area contributed by atoms with Crippen LogP contribution in [0.4, 0.5) is 17.3 Å². The van der Waals surface area contributed by atoms with Crippen molar-refractivity contribution < 1.29 is 4.92 Å². The maximum absolute atomic E-state index is 12.3. The van der Waals surface area contributed by atoms with Gasteiger partial charge in [0.2, 0.25) is 5.82 Å². The van der Waals surface area contributed by atoms with Gasteiger partial charge in [-0.05, 0) is 29.8 Å². The topological polar surface area (TPSA) is 97.9 Å². The highest BCUT2D eigenvalue weighted by Crippen LogP contribution is 2.41. The van der Waals surface area contributed by atoms with E-state index >= 15 is 0 Å². The van der Waals surface area contributed by atoms with Gasteiger partial charge in [0, 0.05) is 22.7 Å². The minimum atomic E-state index is -0.433. The third-order valence-corrected chi connectivity index (χ3v) is 6.16. The van der Waals surface area contributed by atoms with Gasteiger partial charge in [0.15, 0.2) is 5.03 Å². The molecule has 5 rings (SSSR count). The molecule has 0 aliphatic rings. The molecule has 0 N–H and O–H groups in total. The quantitative estimate of drug-likeness (QED) is 0.168. The molecule has 0 aliphatic carbocycles. The van der Waals surface area contributed by atoms with Gasteiger partial charge >= 0.3 is 5.69 Å². The Morgan fingerprint density at radius 2 is 1.62 bits per heavy atom. The molecule has 3 aromatic heterocycles. The highest BCUT2D eigenvalue weighted by atomic mass is 32.2. The lowest BCUT2D eigenvalue weighted by Crippen LogP contribution is -2.20. The van der Waals surface area contributed by atoms with Gasteiger partial charge in [-0.3, -0.25) is 15.1 Å². The Bertz CT molecular complexity index is 1450. The van der Waals surface area contributed by atoms with Crippen molar-refractivity contribution in [2.45, 2.75) is 16.5 Å². The summed E-state index contributed by atoms with van der Waals surface area (Å²) < 4.78 is 0. The molecule has 0 radical (unpaired) electrons. The Morgan fingerprint density at radius 3 is 2.41 bits per heavy atom. The van der Waals surface area contributed by atoms with Gasteiger partial charge in [-0.2, -0.15) is 0 Å². The fourth-order valence-electron chi connectivity index (χ4n) is 3.59. The van der Waals surface area contributed by atoms with E-state index < -0.39 is 4.92 Å². The molecule has 0 saturated heterocycles. The Balaban J connectivity index is 1.63. The number of para-hydroxylation sites is 1. The maximum Gasteiger partial charge on any atom is 0.344 e. The average Bonchev–Trinajstić information content (AvgIpc) is 2.88. The van der Waals surface area contributed by atoms with Crippen LogP contribution in [0.2, 0.25) is 0 Å². The number of benzene rings is 2. The summed E-state index contributed by atoms with van der Waals surface area (Å²) in [6, 6.07) is 24.7. The van der Waals surface area contributed by atoms with Gasteiger partial charge in [0.1, 0.15) is 12.1 Å². The zero-order chi connectivity index (χ0) is 23.3. The molecule has 8 nitrogen and oxygen atoms in total. The summed E-state index contributed by atoms with van der Waals surface area (Å²) in [6.07, 6.45) is 4.71. The Hall–Kier alpha value is -4.37. The predicted octanol–water partition coefficient (Wildman–Crippen LogP) is 5.82. The summed E-state index contributed by atoms with van der Waals surface area (Å²) >= 11 is 1.20. The second-order valence-electron chi connectivity index (χ2n) is 7.30. The monoisotopic (exact) mass is 466 g/mol. The molecule has 0 amide bonds. The summed E-state index contributed by atoms with van der Waals surface area (Å²) in [7, 11) is 0. The van der Waals surface area contributed by atoms with Gasteiger partial charge in [0.05, 0.1) is 17.0 Å². The Labute approximate surface area is 199 Å². The van der Waals surface area contributed by atoms with E-state index in [1.165, 1.54) is 18.1 Å². The van der Waals surface area contributed by atoms with Crippen molar-refractivity contribution >= 4 is 40.0 Å². The highest BCUT2D eigenvalue weighted by molar-refractivity contribution is 7.99. The van der Waals surface area contributed by atoms with Crippen LogP contribution in [0.15, 0.2) is 108 Å². The SMILES string of the molecule is O=[N+]([O-])c1c(Sc2cccc3cccnc23)ncnc1N(Cc1ccccc1)c1ccccn1. The van der Waals surface area contributed by atoms with Crippen LogP contribution < -0.4 is 4.90 Å². The van der Waals surface area contributed by atoms with Crippen molar-refractivity contribution in [3.63, 3.8) is 0 Å². The lowest BCUT2D eigenvalue weighted by atomic mass is 10.2. The van der Waals surface area contributed by atoms with Gasteiger partial charge in [-0.1, -0.05) is 66.4 Å². The molecule has 3 heterocycles. The summed E-state index contributed by atoms with van der Waals surface area (Å²) in [5, 5.41) is 13.5. The van der Waals surface area contributed by atoms with Crippen molar-refractivity contribution in [3.05, 3.63) is 113 Å². The standard InChI is InChI=1S/C25H18N6O2S/c32-31(33)23-24(30(21-13-4-5-14-26-21)16-18-8-2-1-3-9-18)28-17-29-25(23)34-20-12-6-10-19-11-7-15-27-22(19)20/h1-15,17H,16H2. The number of pyridine rings is 2. The first kappa shape index (κ1) is 21.5. The normalized spacial score (nSPS) is 10.8. The van der Waals surface area contributed by atoms with Crippen LogP contribution in [-0.4, -0.2) is 24.9 Å². The van der Waals surface area contributed by atoms with E-state index in [-0.39, 0.29) is 16.5 Å². The van der Waals surface area contributed by atoms with Crippen LogP contribution in [0.5, 0.6) is 0 Å². The molecule has 0 bridgehead atoms. The molecule has 0 atom stereocenters. The number of anilines is 2. The minimum Gasteiger partial charge on any atom is -0.301 e. The van der Waals surface area contributed by atoms with Gasteiger partial charge in [-0.15, -0.1) is 0 Å². The first-order valence-corrected chi connectivity index (χ1v) is 11.3. The van der Waals surface area contributed by atoms with Crippen molar-refractivity contribution in [1.82, 2.24) is 19.9 Å². The molecule has 2 aromatic carbocycles. The first-order valence-electron chi connectivity index (χ1n) is 10.4. The minimum absolute atomic E-state index is 0.179. The van der Waals surface area contributed by atoms with Crippen LogP contribution in [0.1, 0.15) is 5.56 Å². The lowest BCUT2D eigenvalue weighted by molar-refractivity contribution is -0.387. The van der Waals surface area contributed by atoms with Crippen molar-refractivity contribution in [2.75, 3.05) is 4.90 Å². The molecule has 5 aromatic rings. The van der Waals surface area contributed by atoms with Crippen LogP contribution in [0.3, 0.4) is 0 Å². The Kier molecular flexibility index (Phi) is 6.09. The van der Waals surface area contributed by atoms with Crippen LogP contribution >= 0.6 is 11.8 Å². The summed E-state index contributed by atoms with van der Waals surface area (Å²) in [5.41, 5.74) is 1.55. The molecule has 9 heteroatoms. The number of hydrogen-bond acceptors (Lipinski definition) is 8. The third-order valence-electron chi connectivity index (χ3n) is 5.12. The van der Waals surface area contributed by atoms with E-state index in [0.717, 1.165) is 21.4 Å². The van der Waals surface area contributed by atoms with Crippen molar-refractivity contribution in [1.29, 1.82) is 0 Å². The first-order chi connectivity index (χ1) is 16.7. The molecule has 0 fully saturated rings. The fraction of sp³-hybridized carbons (Fsp3) is 0.0400. The van der Waals surface area contributed by atoms with E-state index in [1.54, 1.807) is 29.4 Å². The molecule has 0 saturated carbocycles.